The van der Waals surface area contributed by atoms with Crippen molar-refractivity contribution in [3.8, 4) is 0 Å². The van der Waals surface area contributed by atoms with Crippen LogP contribution in [0.3, 0.4) is 0 Å². The van der Waals surface area contributed by atoms with Crippen LogP contribution in [-0.4, -0.2) is 25.1 Å². The van der Waals surface area contributed by atoms with Crippen LogP contribution in [0, 0.1) is 5.92 Å². The molecular formula is C15H25N3. The minimum atomic E-state index is 0.643. The van der Waals surface area contributed by atoms with Crippen LogP contribution < -0.4 is 10.2 Å². The smallest absolute Gasteiger partial charge is 0.133 e. The second kappa shape index (κ2) is 6.19. The summed E-state index contributed by atoms with van der Waals surface area (Å²) in [7, 11) is 4.19. The average molecular weight is 247 g/mol. The molecule has 0 radical (unpaired) electrons. The second-order valence-corrected chi connectivity index (χ2v) is 5.46. The largest absolute Gasteiger partial charge is 0.356 e. The first kappa shape index (κ1) is 13.3. The molecular weight excluding hydrogens is 222 g/mol. The van der Waals surface area contributed by atoms with Gasteiger partial charge in [0.15, 0.2) is 0 Å². The highest BCUT2D eigenvalue weighted by atomic mass is 15.2. The SMILES string of the molecule is CNCc1cccnc1N(C)C1CCCCC1C. The fourth-order valence-electron chi connectivity index (χ4n) is 3.11. The highest BCUT2D eigenvalue weighted by molar-refractivity contribution is 5.47. The summed E-state index contributed by atoms with van der Waals surface area (Å²) in [5, 5.41) is 3.23. The van der Waals surface area contributed by atoms with Crippen LogP contribution in [0.1, 0.15) is 38.2 Å². The van der Waals surface area contributed by atoms with Crippen molar-refractivity contribution in [3.05, 3.63) is 23.9 Å². The van der Waals surface area contributed by atoms with E-state index in [0.717, 1.165) is 18.3 Å². The summed E-state index contributed by atoms with van der Waals surface area (Å²) in [5.74, 6) is 1.92. The first-order valence-corrected chi connectivity index (χ1v) is 7.05. The van der Waals surface area contributed by atoms with Crippen molar-refractivity contribution in [2.75, 3.05) is 19.0 Å². The molecule has 1 aliphatic rings. The van der Waals surface area contributed by atoms with Gasteiger partial charge in [0.05, 0.1) is 0 Å². The van der Waals surface area contributed by atoms with Gasteiger partial charge in [0.2, 0.25) is 0 Å². The van der Waals surface area contributed by atoms with Gasteiger partial charge < -0.3 is 10.2 Å². The molecule has 2 atom stereocenters. The fraction of sp³-hybridized carbons (Fsp3) is 0.667. The zero-order valence-electron chi connectivity index (χ0n) is 11.8. The standard InChI is InChI=1S/C15H25N3/c1-12-7-4-5-9-14(12)18(3)15-13(11-16-2)8-6-10-17-15/h6,8,10,12,14,16H,4-5,7,9,11H2,1-3H3. The summed E-state index contributed by atoms with van der Waals surface area (Å²) >= 11 is 0. The normalized spacial score (nSPS) is 23.9. The fourth-order valence-corrected chi connectivity index (χ4v) is 3.11. The number of hydrogen-bond donors (Lipinski definition) is 1. The van der Waals surface area contributed by atoms with E-state index in [0.29, 0.717) is 6.04 Å². The minimum absolute atomic E-state index is 0.643. The van der Waals surface area contributed by atoms with Crippen LogP contribution in [0.15, 0.2) is 18.3 Å². The molecule has 2 rings (SSSR count). The Labute approximate surface area is 111 Å². The van der Waals surface area contributed by atoms with Crippen molar-refractivity contribution < 1.29 is 0 Å². The molecule has 1 N–H and O–H groups in total. The van der Waals surface area contributed by atoms with Crippen molar-refractivity contribution in [2.45, 2.75) is 45.2 Å². The maximum atomic E-state index is 4.59. The number of pyridine rings is 1. The van der Waals surface area contributed by atoms with E-state index in [-0.39, 0.29) is 0 Å². The van der Waals surface area contributed by atoms with Gasteiger partial charge in [-0.15, -0.1) is 0 Å². The lowest BCUT2D eigenvalue weighted by molar-refractivity contribution is 0.320. The first-order chi connectivity index (χ1) is 8.74. The van der Waals surface area contributed by atoms with Crippen molar-refractivity contribution in [1.82, 2.24) is 10.3 Å². The lowest BCUT2D eigenvalue weighted by Gasteiger charge is -2.37. The summed E-state index contributed by atoms with van der Waals surface area (Å²) in [6, 6.07) is 4.83. The number of hydrogen-bond acceptors (Lipinski definition) is 3. The Balaban J connectivity index is 2.19. The number of nitrogens with one attached hydrogen (secondary N) is 1. The van der Waals surface area contributed by atoms with Gasteiger partial charge >= 0.3 is 0 Å². The molecule has 1 aromatic heterocycles. The predicted octanol–water partition coefficient (Wildman–Crippen LogP) is 2.82. The predicted molar refractivity (Wildman–Crippen MR) is 76.8 cm³/mol. The van der Waals surface area contributed by atoms with Crippen molar-refractivity contribution >= 4 is 5.82 Å². The quantitative estimate of drug-likeness (QED) is 0.887. The maximum Gasteiger partial charge on any atom is 0.133 e. The van der Waals surface area contributed by atoms with E-state index < -0.39 is 0 Å². The number of rotatable bonds is 4. The Morgan fingerprint density at radius 1 is 1.39 bits per heavy atom. The van der Waals surface area contributed by atoms with Crippen molar-refractivity contribution in [2.24, 2.45) is 5.92 Å². The molecule has 1 heterocycles. The Bertz CT molecular complexity index is 378. The van der Waals surface area contributed by atoms with E-state index >= 15 is 0 Å². The van der Waals surface area contributed by atoms with Crippen molar-refractivity contribution in [3.63, 3.8) is 0 Å². The van der Waals surface area contributed by atoms with Gasteiger partial charge in [0, 0.05) is 31.4 Å². The molecule has 0 aliphatic heterocycles. The molecule has 2 unspecified atom stereocenters. The van der Waals surface area contributed by atoms with Crippen LogP contribution in [0.2, 0.25) is 0 Å². The van der Waals surface area contributed by atoms with Crippen LogP contribution >= 0.6 is 0 Å². The molecule has 1 aliphatic carbocycles. The summed E-state index contributed by atoms with van der Waals surface area (Å²) in [6.45, 7) is 3.26. The molecule has 1 aromatic rings. The van der Waals surface area contributed by atoms with Gasteiger partial charge in [-0.2, -0.15) is 0 Å². The van der Waals surface area contributed by atoms with E-state index in [1.165, 1.54) is 31.2 Å². The zero-order chi connectivity index (χ0) is 13.0. The third-order valence-corrected chi connectivity index (χ3v) is 4.13. The third-order valence-electron chi connectivity index (χ3n) is 4.13. The lowest BCUT2D eigenvalue weighted by atomic mass is 9.85. The van der Waals surface area contributed by atoms with Crippen molar-refractivity contribution in [1.29, 1.82) is 0 Å². The van der Waals surface area contributed by atoms with Gasteiger partial charge in [-0.1, -0.05) is 25.8 Å². The minimum Gasteiger partial charge on any atom is -0.356 e. The molecule has 0 spiro atoms. The average Bonchev–Trinajstić information content (AvgIpc) is 2.40. The summed E-state index contributed by atoms with van der Waals surface area (Å²) in [5.41, 5.74) is 1.29. The highest BCUT2D eigenvalue weighted by Crippen LogP contribution is 2.30. The summed E-state index contributed by atoms with van der Waals surface area (Å²) in [6.07, 6.45) is 7.29. The molecule has 18 heavy (non-hydrogen) atoms. The van der Waals surface area contributed by atoms with Gasteiger partial charge in [-0.25, -0.2) is 4.98 Å². The van der Waals surface area contributed by atoms with Crippen LogP contribution in [0.5, 0.6) is 0 Å². The molecule has 100 valence electrons. The number of nitrogens with zero attached hydrogens (tertiary/aromatic N) is 2. The number of anilines is 1. The summed E-state index contributed by atoms with van der Waals surface area (Å²) < 4.78 is 0. The molecule has 0 amide bonds. The van der Waals surface area contributed by atoms with Crippen LogP contribution in [-0.2, 0) is 6.54 Å². The third kappa shape index (κ3) is 2.83. The van der Waals surface area contributed by atoms with Gasteiger partial charge in [-0.3, -0.25) is 0 Å². The maximum absolute atomic E-state index is 4.59. The molecule has 3 nitrogen and oxygen atoms in total. The number of aromatic nitrogens is 1. The first-order valence-electron chi connectivity index (χ1n) is 7.05. The monoisotopic (exact) mass is 247 g/mol. The lowest BCUT2D eigenvalue weighted by Crippen LogP contribution is -2.40. The van der Waals surface area contributed by atoms with Gasteiger partial charge in [0.1, 0.15) is 5.82 Å². The van der Waals surface area contributed by atoms with E-state index in [4.69, 9.17) is 0 Å². The zero-order valence-corrected chi connectivity index (χ0v) is 11.8. The Morgan fingerprint density at radius 3 is 2.89 bits per heavy atom. The van der Waals surface area contributed by atoms with E-state index in [1.54, 1.807) is 0 Å². The van der Waals surface area contributed by atoms with Crippen LogP contribution in [0.4, 0.5) is 5.82 Å². The van der Waals surface area contributed by atoms with E-state index in [1.807, 2.05) is 19.3 Å². The molecule has 0 aromatic carbocycles. The highest BCUT2D eigenvalue weighted by Gasteiger charge is 2.26. The van der Waals surface area contributed by atoms with Gasteiger partial charge in [0.25, 0.3) is 0 Å². The van der Waals surface area contributed by atoms with E-state index in [9.17, 15) is 0 Å². The van der Waals surface area contributed by atoms with Crippen LogP contribution in [0.25, 0.3) is 0 Å². The molecule has 1 fully saturated rings. The Kier molecular flexibility index (Phi) is 4.59. The summed E-state index contributed by atoms with van der Waals surface area (Å²) in [4.78, 5) is 6.99. The Hall–Kier alpha value is -1.09. The molecule has 3 heteroatoms. The van der Waals surface area contributed by atoms with E-state index in [2.05, 4.69) is 35.2 Å². The van der Waals surface area contributed by atoms with Gasteiger partial charge in [-0.05, 0) is 31.9 Å². The topological polar surface area (TPSA) is 28.2 Å². The second-order valence-electron chi connectivity index (χ2n) is 5.46. The molecule has 1 saturated carbocycles. The molecule has 0 saturated heterocycles. The Morgan fingerprint density at radius 2 is 2.17 bits per heavy atom. The molecule has 0 bridgehead atoms.